The Morgan fingerprint density at radius 1 is 1.00 bits per heavy atom. The first-order chi connectivity index (χ1) is 13.5. The van der Waals surface area contributed by atoms with E-state index < -0.39 is 24.5 Å². The molecule has 0 heterocycles. The molecule has 0 N–H and O–H groups in total. The first kappa shape index (κ1) is 23.5. The highest BCUT2D eigenvalue weighted by Crippen LogP contribution is 2.37. The summed E-state index contributed by atoms with van der Waals surface area (Å²) in [6.07, 6.45) is 1.95. The van der Waals surface area contributed by atoms with Crippen LogP contribution in [-0.2, 0) is 18.7 Å². The molecule has 29 heavy (non-hydrogen) atoms. The summed E-state index contributed by atoms with van der Waals surface area (Å²) in [4.78, 5) is 0. The van der Waals surface area contributed by atoms with Crippen molar-refractivity contribution < 1.29 is 17.0 Å². The van der Waals surface area contributed by atoms with Gasteiger partial charge in [0.2, 0.25) is 0 Å². The summed E-state index contributed by atoms with van der Waals surface area (Å²) < 4.78 is 35.3. The predicted octanol–water partition coefficient (Wildman–Crippen LogP) is 3.73. The van der Waals surface area contributed by atoms with Gasteiger partial charge in [-0.05, 0) is 15.4 Å². The molecular weight excluding hydrogens is 400 g/mol. The molecule has 0 aliphatic carbocycles. The minimum atomic E-state index is -3.58. The van der Waals surface area contributed by atoms with Crippen molar-refractivity contribution in [2.24, 2.45) is 5.92 Å². The van der Waals surface area contributed by atoms with Gasteiger partial charge in [-0.25, -0.2) is 0 Å². The van der Waals surface area contributed by atoms with Gasteiger partial charge in [-0.3, -0.25) is 4.18 Å². The monoisotopic (exact) mass is 432 g/mol. The van der Waals surface area contributed by atoms with E-state index in [0.717, 1.165) is 6.26 Å². The maximum atomic E-state index is 11.6. The Kier molecular flexibility index (Phi) is 7.62. The van der Waals surface area contributed by atoms with Crippen LogP contribution in [0, 0.1) is 5.92 Å². The van der Waals surface area contributed by atoms with Crippen LogP contribution in [0.2, 0.25) is 5.04 Å². The largest absolute Gasteiger partial charge is 0.407 e. The molecule has 2 aromatic carbocycles. The molecule has 0 aromatic heterocycles. The van der Waals surface area contributed by atoms with Gasteiger partial charge < -0.3 is 4.43 Å². The van der Waals surface area contributed by atoms with Crippen LogP contribution < -0.4 is 10.4 Å². The topological polar surface area (TPSA) is 52.6 Å². The van der Waals surface area contributed by atoms with Gasteiger partial charge in [0.05, 0.1) is 12.4 Å². The molecule has 6 heteroatoms. The Bertz CT molecular complexity index is 850. The normalized spacial score (nSPS) is 14.9. The zero-order valence-corrected chi connectivity index (χ0v) is 19.8. The molecule has 2 atom stereocenters. The Morgan fingerprint density at radius 3 is 1.79 bits per heavy atom. The highest BCUT2D eigenvalue weighted by atomic mass is 32.2. The fourth-order valence-corrected chi connectivity index (χ4v) is 9.02. The summed E-state index contributed by atoms with van der Waals surface area (Å²) >= 11 is 0. The van der Waals surface area contributed by atoms with Gasteiger partial charge >= 0.3 is 0 Å². The lowest BCUT2D eigenvalue weighted by molar-refractivity contribution is 0.140. The predicted molar refractivity (Wildman–Crippen MR) is 123 cm³/mol. The minimum Gasteiger partial charge on any atom is -0.407 e. The fraction of sp³-hybridized carbons (Fsp3) is 0.391. The van der Waals surface area contributed by atoms with Crippen LogP contribution in [0.5, 0.6) is 0 Å². The smallest absolute Gasteiger partial charge is 0.264 e. The standard InChI is InChI=1S/C23H32O4SSi/c1-7-22(27-28(6,24)25)19(2)18-26-29(23(3,4)5,20-14-10-8-11-15-20)21-16-12-9-13-17-21/h7-17,19,22H,1,18H2,2-6H3/t19-,22+/m1/s1. The van der Waals surface area contributed by atoms with Crippen LogP contribution in [0.3, 0.4) is 0 Å². The second-order valence-corrected chi connectivity index (χ2v) is 14.4. The van der Waals surface area contributed by atoms with E-state index in [4.69, 9.17) is 8.61 Å². The molecule has 0 spiro atoms. The number of hydrogen-bond donors (Lipinski definition) is 0. The highest BCUT2D eigenvalue weighted by molar-refractivity contribution is 7.86. The summed E-state index contributed by atoms with van der Waals surface area (Å²) in [6, 6.07) is 20.7. The third kappa shape index (κ3) is 5.66. The van der Waals surface area contributed by atoms with E-state index in [9.17, 15) is 8.42 Å². The van der Waals surface area contributed by atoms with Crippen molar-refractivity contribution in [1.29, 1.82) is 0 Å². The van der Waals surface area contributed by atoms with E-state index in [-0.39, 0.29) is 11.0 Å². The molecule has 2 rings (SSSR count). The van der Waals surface area contributed by atoms with Gasteiger partial charge in [-0.2, -0.15) is 8.42 Å². The lowest BCUT2D eigenvalue weighted by Crippen LogP contribution is -2.67. The number of hydrogen-bond acceptors (Lipinski definition) is 4. The van der Waals surface area contributed by atoms with Crippen LogP contribution in [-0.4, -0.2) is 35.7 Å². The lowest BCUT2D eigenvalue weighted by atomic mass is 10.1. The van der Waals surface area contributed by atoms with Crippen molar-refractivity contribution in [3.05, 3.63) is 73.3 Å². The molecule has 0 fully saturated rings. The molecule has 0 aliphatic heterocycles. The molecule has 0 saturated carbocycles. The van der Waals surface area contributed by atoms with E-state index in [2.05, 4.69) is 51.6 Å². The molecule has 0 unspecified atom stereocenters. The Labute approximate surface area is 176 Å². The summed E-state index contributed by atoms with van der Waals surface area (Å²) in [7, 11) is -6.25. The van der Waals surface area contributed by atoms with E-state index >= 15 is 0 Å². The molecule has 158 valence electrons. The lowest BCUT2D eigenvalue weighted by Gasteiger charge is -2.43. The van der Waals surface area contributed by atoms with Crippen LogP contribution >= 0.6 is 0 Å². The first-order valence-electron chi connectivity index (χ1n) is 9.77. The van der Waals surface area contributed by atoms with Crippen molar-refractivity contribution in [2.45, 2.75) is 38.8 Å². The Balaban J connectivity index is 2.47. The minimum absolute atomic E-state index is 0.142. The second-order valence-electron chi connectivity index (χ2n) is 8.45. The van der Waals surface area contributed by atoms with Crippen molar-refractivity contribution in [2.75, 3.05) is 12.9 Å². The third-order valence-electron chi connectivity index (χ3n) is 5.06. The fourth-order valence-electron chi connectivity index (χ4n) is 3.68. The van der Waals surface area contributed by atoms with Crippen molar-refractivity contribution in [3.8, 4) is 0 Å². The second kappa shape index (κ2) is 9.39. The van der Waals surface area contributed by atoms with Crippen LogP contribution in [0.25, 0.3) is 0 Å². The molecule has 2 aromatic rings. The maximum absolute atomic E-state index is 11.6. The molecule has 0 aliphatic rings. The van der Waals surface area contributed by atoms with Crippen molar-refractivity contribution in [1.82, 2.24) is 0 Å². The van der Waals surface area contributed by atoms with Gasteiger partial charge in [0.15, 0.2) is 0 Å². The third-order valence-corrected chi connectivity index (χ3v) is 10.6. The van der Waals surface area contributed by atoms with Crippen molar-refractivity contribution >= 4 is 28.8 Å². The molecule has 0 amide bonds. The molecule has 0 radical (unpaired) electrons. The quantitative estimate of drug-likeness (QED) is 0.344. The average Bonchev–Trinajstić information content (AvgIpc) is 2.66. The summed E-state index contributed by atoms with van der Waals surface area (Å²) in [5.41, 5.74) is 0. The van der Waals surface area contributed by atoms with E-state index in [0.29, 0.717) is 6.61 Å². The zero-order valence-electron chi connectivity index (χ0n) is 18.0. The summed E-state index contributed by atoms with van der Waals surface area (Å²) in [6.45, 7) is 12.7. The average molecular weight is 433 g/mol. The molecule has 0 saturated heterocycles. The van der Waals surface area contributed by atoms with Gasteiger partial charge in [0.25, 0.3) is 18.4 Å². The first-order valence-corrected chi connectivity index (χ1v) is 13.5. The molecule has 0 bridgehead atoms. The van der Waals surface area contributed by atoms with E-state index in [1.165, 1.54) is 16.4 Å². The molecular formula is C23H32O4SSi. The Morgan fingerprint density at radius 2 is 1.45 bits per heavy atom. The Hall–Kier alpha value is -1.73. The SMILES string of the molecule is C=C[C@H](OS(C)(=O)=O)[C@H](C)CO[Si](c1ccccc1)(c1ccccc1)C(C)(C)C. The van der Waals surface area contributed by atoms with Gasteiger partial charge in [-0.15, -0.1) is 6.58 Å². The summed E-state index contributed by atoms with van der Waals surface area (Å²) in [5, 5.41) is 2.23. The maximum Gasteiger partial charge on any atom is 0.264 e. The van der Waals surface area contributed by atoms with E-state index in [1.54, 1.807) is 0 Å². The van der Waals surface area contributed by atoms with E-state index in [1.807, 2.05) is 43.3 Å². The van der Waals surface area contributed by atoms with Crippen molar-refractivity contribution in [3.63, 3.8) is 0 Å². The highest BCUT2D eigenvalue weighted by Gasteiger charge is 2.50. The molecule has 4 nitrogen and oxygen atoms in total. The number of benzene rings is 2. The van der Waals surface area contributed by atoms with Gasteiger partial charge in [-0.1, -0.05) is 94.4 Å². The zero-order chi connectivity index (χ0) is 21.7. The van der Waals surface area contributed by atoms with Crippen LogP contribution in [0.15, 0.2) is 73.3 Å². The van der Waals surface area contributed by atoms with Crippen LogP contribution in [0.1, 0.15) is 27.7 Å². The summed E-state index contributed by atoms with van der Waals surface area (Å²) in [5.74, 6) is -0.177. The number of rotatable bonds is 9. The van der Waals surface area contributed by atoms with Gasteiger partial charge in [0.1, 0.15) is 0 Å². The van der Waals surface area contributed by atoms with Gasteiger partial charge in [0, 0.05) is 12.5 Å². The van der Waals surface area contributed by atoms with Crippen LogP contribution in [0.4, 0.5) is 0 Å².